The summed E-state index contributed by atoms with van der Waals surface area (Å²) in [6.45, 7) is 2.58. The number of hydrogen-bond acceptors (Lipinski definition) is 3. The number of nitrogens with zero attached hydrogens (tertiary/aromatic N) is 1. The summed E-state index contributed by atoms with van der Waals surface area (Å²) in [6, 6.07) is 7.76. The molecule has 1 heterocycles. The van der Waals surface area contributed by atoms with Gasteiger partial charge in [0.15, 0.2) is 0 Å². The average Bonchev–Trinajstić information content (AvgIpc) is 3.09. The highest BCUT2D eigenvalue weighted by molar-refractivity contribution is 5.88. The molecule has 1 fully saturated rings. The number of aromatic nitrogens is 1. The van der Waals surface area contributed by atoms with Gasteiger partial charge in [-0.2, -0.15) is 0 Å². The first-order valence-corrected chi connectivity index (χ1v) is 5.98. The van der Waals surface area contributed by atoms with Gasteiger partial charge in [-0.3, -0.25) is 4.98 Å². The second kappa shape index (κ2) is 3.70. The summed E-state index contributed by atoms with van der Waals surface area (Å²) in [7, 11) is 0. The van der Waals surface area contributed by atoms with Crippen molar-refractivity contribution in [3.63, 3.8) is 0 Å². The van der Waals surface area contributed by atoms with Crippen molar-refractivity contribution in [3.8, 4) is 5.75 Å². The first-order valence-electron chi connectivity index (χ1n) is 5.98. The Morgan fingerprint density at radius 3 is 2.88 bits per heavy atom. The standard InChI is InChI=1S/C14H15NO2/c1-2-17-12-6-5-11(14(16)7-8-14)10-4-3-9-15-13(10)12/h3-6,9,16H,2,7-8H2,1H3. The van der Waals surface area contributed by atoms with Crippen molar-refractivity contribution in [2.45, 2.75) is 25.4 Å². The zero-order valence-corrected chi connectivity index (χ0v) is 9.81. The third kappa shape index (κ3) is 1.67. The molecule has 0 unspecified atom stereocenters. The highest BCUT2D eigenvalue weighted by Gasteiger charge is 2.43. The Hall–Kier alpha value is -1.61. The fourth-order valence-corrected chi connectivity index (χ4v) is 2.21. The summed E-state index contributed by atoms with van der Waals surface area (Å²) in [5.74, 6) is 0.788. The second-order valence-electron chi connectivity index (χ2n) is 4.48. The molecule has 0 radical (unpaired) electrons. The van der Waals surface area contributed by atoms with E-state index >= 15 is 0 Å². The van der Waals surface area contributed by atoms with Crippen molar-refractivity contribution < 1.29 is 9.84 Å². The van der Waals surface area contributed by atoms with Crippen LogP contribution in [0.1, 0.15) is 25.3 Å². The van der Waals surface area contributed by atoms with Crippen LogP contribution in [0.25, 0.3) is 10.9 Å². The quantitative estimate of drug-likeness (QED) is 0.879. The van der Waals surface area contributed by atoms with Crippen molar-refractivity contribution in [2.24, 2.45) is 0 Å². The predicted octanol–water partition coefficient (Wildman–Crippen LogP) is 2.61. The van der Waals surface area contributed by atoms with Crippen LogP contribution in [0.2, 0.25) is 0 Å². The van der Waals surface area contributed by atoms with E-state index in [1.807, 2.05) is 31.2 Å². The molecule has 1 aromatic heterocycles. The molecule has 3 rings (SSSR count). The summed E-state index contributed by atoms with van der Waals surface area (Å²) < 4.78 is 5.56. The van der Waals surface area contributed by atoms with E-state index in [-0.39, 0.29) is 0 Å². The molecule has 17 heavy (non-hydrogen) atoms. The molecule has 2 aromatic rings. The molecule has 0 atom stereocenters. The molecule has 3 nitrogen and oxygen atoms in total. The maximum atomic E-state index is 10.3. The third-order valence-corrected chi connectivity index (χ3v) is 3.26. The van der Waals surface area contributed by atoms with E-state index in [2.05, 4.69) is 4.98 Å². The van der Waals surface area contributed by atoms with E-state index in [9.17, 15) is 5.11 Å². The Labute approximate surface area is 100 Å². The van der Waals surface area contributed by atoms with Gasteiger partial charge in [-0.05, 0) is 37.5 Å². The van der Waals surface area contributed by atoms with Gasteiger partial charge in [0.2, 0.25) is 0 Å². The normalized spacial score (nSPS) is 17.1. The molecule has 0 spiro atoms. The van der Waals surface area contributed by atoms with Gasteiger partial charge < -0.3 is 9.84 Å². The lowest BCUT2D eigenvalue weighted by molar-refractivity contribution is 0.153. The van der Waals surface area contributed by atoms with Gasteiger partial charge in [-0.15, -0.1) is 0 Å². The van der Waals surface area contributed by atoms with Crippen LogP contribution in [-0.4, -0.2) is 16.7 Å². The van der Waals surface area contributed by atoms with E-state index in [0.29, 0.717) is 6.61 Å². The molecule has 3 heteroatoms. The number of hydrogen-bond donors (Lipinski definition) is 1. The van der Waals surface area contributed by atoms with Crippen LogP contribution in [0.3, 0.4) is 0 Å². The second-order valence-corrected chi connectivity index (χ2v) is 4.48. The van der Waals surface area contributed by atoms with Gasteiger partial charge in [0.05, 0.1) is 12.2 Å². The average molecular weight is 229 g/mol. The van der Waals surface area contributed by atoms with E-state index in [0.717, 1.165) is 35.1 Å². The first-order chi connectivity index (χ1) is 8.24. The first kappa shape index (κ1) is 10.5. The topological polar surface area (TPSA) is 42.4 Å². The van der Waals surface area contributed by atoms with Crippen LogP contribution < -0.4 is 4.74 Å². The highest BCUT2D eigenvalue weighted by Crippen LogP contribution is 2.48. The van der Waals surface area contributed by atoms with E-state index in [1.54, 1.807) is 6.20 Å². The maximum Gasteiger partial charge on any atom is 0.145 e. The fourth-order valence-electron chi connectivity index (χ4n) is 2.21. The van der Waals surface area contributed by atoms with E-state index in [4.69, 9.17) is 4.74 Å². The lowest BCUT2D eigenvalue weighted by Gasteiger charge is -2.14. The van der Waals surface area contributed by atoms with Gasteiger partial charge >= 0.3 is 0 Å². The van der Waals surface area contributed by atoms with Crippen molar-refractivity contribution in [2.75, 3.05) is 6.61 Å². The molecule has 0 saturated heterocycles. The van der Waals surface area contributed by atoms with Gasteiger partial charge in [-0.1, -0.05) is 12.1 Å². The summed E-state index contributed by atoms with van der Waals surface area (Å²) >= 11 is 0. The minimum absolute atomic E-state index is 0.620. The Bertz CT molecular complexity index is 561. The van der Waals surface area contributed by atoms with Crippen LogP contribution >= 0.6 is 0 Å². The van der Waals surface area contributed by atoms with E-state index < -0.39 is 5.60 Å². The minimum atomic E-state index is -0.633. The van der Waals surface area contributed by atoms with Crippen LogP contribution in [0.15, 0.2) is 30.5 Å². The zero-order chi connectivity index (χ0) is 11.9. The summed E-state index contributed by atoms with van der Waals surface area (Å²) in [6.07, 6.45) is 3.43. The molecule has 1 aromatic carbocycles. The number of fused-ring (bicyclic) bond motifs is 1. The van der Waals surface area contributed by atoms with Crippen LogP contribution in [-0.2, 0) is 5.60 Å². The molecule has 1 N–H and O–H groups in total. The van der Waals surface area contributed by atoms with Gasteiger partial charge in [0.1, 0.15) is 11.3 Å². The molecule has 0 bridgehead atoms. The SMILES string of the molecule is CCOc1ccc(C2(O)CC2)c2cccnc12. The van der Waals surface area contributed by atoms with Gasteiger partial charge in [0.25, 0.3) is 0 Å². The minimum Gasteiger partial charge on any atom is -0.492 e. The number of pyridine rings is 1. The highest BCUT2D eigenvalue weighted by atomic mass is 16.5. The van der Waals surface area contributed by atoms with Crippen LogP contribution in [0, 0.1) is 0 Å². The van der Waals surface area contributed by atoms with Crippen molar-refractivity contribution in [3.05, 3.63) is 36.0 Å². The number of ether oxygens (including phenoxy) is 1. The lowest BCUT2D eigenvalue weighted by Crippen LogP contribution is -2.06. The Morgan fingerprint density at radius 1 is 1.35 bits per heavy atom. The summed E-state index contributed by atoms with van der Waals surface area (Å²) in [5, 5.41) is 11.2. The van der Waals surface area contributed by atoms with Gasteiger partial charge in [0, 0.05) is 11.6 Å². The molecule has 88 valence electrons. The predicted molar refractivity (Wildman–Crippen MR) is 66.0 cm³/mol. The van der Waals surface area contributed by atoms with Crippen molar-refractivity contribution in [1.82, 2.24) is 4.98 Å². The Kier molecular flexibility index (Phi) is 2.30. The number of benzene rings is 1. The molecule has 0 amide bonds. The molecule has 0 aliphatic heterocycles. The molecular weight excluding hydrogens is 214 g/mol. The van der Waals surface area contributed by atoms with E-state index in [1.165, 1.54) is 0 Å². The summed E-state index contributed by atoms with van der Waals surface area (Å²) in [5.41, 5.74) is 1.18. The number of aliphatic hydroxyl groups is 1. The largest absolute Gasteiger partial charge is 0.492 e. The number of rotatable bonds is 3. The molecular formula is C14H15NO2. The monoisotopic (exact) mass is 229 g/mol. The van der Waals surface area contributed by atoms with Crippen LogP contribution in [0.5, 0.6) is 5.75 Å². The lowest BCUT2D eigenvalue weighted by atomic mass is 10.0. The maximum absolute atomic E-state index is 10.3. The smallest absolute Gasteiger partial charge is 0.145 e. The molecule has 1 saturated carbocycles. The Balaban J connectivity index is 2.23. The fraction of sp³-hybridized carbons (Fsp3) is 0.357. The summed E-state index contributed by atoms with van der Waals surface area (Å²) in [4.78, 5) is 4.37. The Morgan fingerprint density at radius 2 is 2.18 bits per heavy atom. The molecule has 1 aliphatic rings. The van der Waals surface area contributed by atoms with Gasteiger partial charge in [-0.25, -0.2) is 0 Å². The van der Waals surface area contributed by atoms with Crippen LogP contribution in [0.4, 0.5) is 0 Å². The third-order valence-electron chi connectivity index (χ3n) is 3.26. The zero-order valence-electron chi connectivity index (χ0n) is 9.81. The molecule has 1 aliphatic carbocycles. The van der Waals surface area contributed by atoms with Crippen molar-refractivity contribution in [1.29, 1.82) is 0 Å². The van der Waals surface area contributed by atoms with Crippen molar-refractivity contribution >= 4 is 10.9 Å².